The predicted octanol–water partition coefficient (Wildman–Crippen LogP) is 2.69. The average Bonchev–Trinajstić information content (AvgIpc) is 2.62. The zero-order chi connectivity index (χ0) is 17.8. The van der Waals surface area contributed by atoms with Gasteiger partial charge in [0.2, 0.25) is 0 Å². The van der Waals surface area contributed by atoms with Crippen molar-refractivity contribution in [3.05, 3.63) is 75.1 Å². The van der Waals surface area contributed by atoms with Gasteiger partial charge in [-0.25, -0.2) is 0 Å². The van der Waals surface area contributed by atoms with Gasteiger partial charge in [-0.05, 0) is 24.6 Å². The molecule has 0 aliphatic rings. The Labute approximate surface area is 143 Å². The van der Waals surface area contributed by atoms with Crippen LogP contribution in [0.1, 0.15) is 6.42 Å². The zero-order valence-corrected chi connectivity index (χ0v) is 13.4. The van der Waals surface area contributed by atoms with Crippen LogP contribution in [0.25, 0.3) is 16.6 Å². The number of aromatic nitrogens is 1. The number of aliphatic hydroxyl groups excluding tert-OH is 1. The van der Waals surface area contributed by atoms with Crippen molar-refractivity contribution in [2.24, 2.45) is 0 Å². The third-order valence-corrected chi connectivity index (χ3v) is 3.89. The molecule has 0 unspecified atom stereocenters. The molecule has 0 aliphatic carbocycles. The minimum Gasteiger partial charge on any atom is -0.396 e. The first-order valence-corrected chi connectivity index (χ1v) is 7.87. The van der Waals surface area contributed by atoms with Gasteiger partial charge in [0.15, 0.2) is 0 Å². The molecule has 1 heterocycles. The van der Waals surface area contributed by atoms with E-state index in [2.05, 4.69) is 5.32 Å². The van der Waals surface area contributed by atoms with E-state index in [1.165, 1.54) is 4.57 Å². The number of anilines is 1. The molecule has 0 radical (unpaired) electrons. The zero-order valence-electron chi connectivity index (χ0n) is 13.4. The highest BCUT2D eigenvalue weighted by molar-refractivity contribution is 5.97. The highest BCUT2D eigenvalue weighted by Crippen LogP contribution is 2.31. The minimum absolute atomic E-state index is 0.0419. The van der Waals surface area contributed by atoms with Crippen LogP contribution in [-0.2, 0) is 0 Å². The first kappa shape index (κ1) is 16.7. The highest BCUT2D eigenvalue weighted by atomic mass is 16.6. The van der Waals surface area contributed by atoms with Gasteiger partial charge in [-0.15, -0.1) is 0 Å². The van der Waals surface area contributed by atoms with E-state index in [0.717, 1.165) is 0 Å². The summed E-state index contributed by atoms with van der Waals surface area (Å²) in [6.07, 6.45) is 0.424. The molecule has 0 amide bonds. The van der Waals surface area contributed by atoms with Crippen LogP contribution in [0.15, 0.2) is 59.4 Å². The van der Waals surface area contributed by atoms with Crippen LogP contribution >= 0.6 is 0 Å². The molecule has 7 heteroatoms. The third-order valence-electron chi connectivity index (χ3n) is 3.89. The summed E-state index contributed by atoms with van der Waals surface area (Å²) in [7, 11) is 0. The van der Waals surface area contributed by atoms with Crippen molar-refractivity contribution in [2.45, 2.75) is 6.42 Å². The van der Waals surface area contributed by atoms with E-state index in [1.807, 2.05) is 6.07 Å². The number of pyridine rings is 1. The lowest BCUT2D eigenvalue weighted by atomic mass is 10.1. The molecule has 1 aromatic heterocycles. The van der Waals surface area contributed by atoms with Gasteiger partial charge in [-0.2, -0.15) is 0 Å². The van der Waals surface area contributed by atoms with Crippen LogP contribution in [0.5, 0.6) is 0 Å². The maximum Gasteiger partial charge on any atom is 0.357 e. The molecule has 128 valence electrons. The minimum atomic E-state index is -0.693. The summed E-state index contributed by atoms with van der Waals surface area (Å²) in [5, 5.41) is 24.1. The molecule has 2 aromatic carbocycles. The topological polar surface area (TPSA) is 97.4 Å². The normalized spacial score (nSPS) is 10.8. The van der Waals surface area contributed by atoms with Crippen LogP contribution in [0.2, 0.25) is 0 Å². The Hall–Kier alpha value is -3.19. The lowest BCUT2D eigenvalue weighted by Crippen LogP contribution is -2.24. The molecule has 0 saturated heterocycles. The van der Waals surface area contributed by atoms with Crippen molar-refractivity contribution in [1.29, 1.82) is 0 Å². The number of aliphatic hydroxyl groups is 1. The number of benzene rings is 2. The molecule has 2 N–H and O–H groups in total. The second-order valence-corrected chi connectivity index (χ2v) is 5.48. The molecule has 0 spiro atoms. The molecule has 0 fully saturated rings. The van der Waals surface area contributed by atoms with Crippen LogP contribution < -0.4 is 10.9 Å². The molecular formula is C18H17N3O4. The average molecular weight is 339 g/mol. The Balaban J connectivity index is 2.36. The molecule has 3 rings (SSSR count). The predicted molar refractivity (Wildman–Crippen MR) is 96.4 cm³/mol. The monoisotopic (exact) mass is 339 g/mol. The molecule has 0 bridgehead atoms. The van der Waals surface area contributed by atoms with E-state index in [1.54, 1.807) is 48.5 Å². The standard InChI is InChI=1S/C18H17N3O4/c22-12-6-11-19-16-14-9-4-5-10-15(14)20(13-7-2-1-3-8-13)18(23)17(16)21(24)25/h1-5,7-10,19,22H,6,11-12H2. The summed E-state index contributed by atoms with van der Waals surface area (Å²) in [5.41, 5.74) is 0.137. The number of para-hydroxylation sites is 2. The number of hydrogen-bond acceptors (Lipinski definition) is 5. The van der Waals surface area contributed by atoms with Gasteiger partial charge >= 0.3 is 11.2 Å². The van der Waals surface area contributed by atoms with Crippen LogP contribution in [-0.4, -0.2) is 27.7 Å². The van der Waals surface area contributed by atoms with E-state index < -0.39 is 16.2 Å². The Bertz CT molecular complexity index is 967. The van der Waals surface area contributed by atoms with Crippen LogP contribution in [0.4, 0.5) is 11.4 Å². The van der Waals surface area contributed by atoms with E-state index in [-0.39, 0.29) is 12.3 Å². The fraction of sp³-hybridized carbons (Fsp3) is 0.167. The number of nitrogens with one attached hydrogen (secondary N) is 1. The highest BCUT2D eigenvalue weighted by Gasteiger charge is 2.26. The molecule has 3 aromatic rings. The number of rotatable bonds is 6. The van der Waals surface area contributed by atoms with Gasteiger partial charge < -0.3 is 10.4 Å². The van der Waals surface area contributed by atoms with Crippen LogP contribution in [0, 0.1) is 10.1 Å². The van der Waals surface area contributed by atoms with Crippen molar-refractivity contribution >= 4 is 22.3 Å². The molecule has 0 aliphatic heterocycles. The quantitative estimate of drug-likeness (QED) is 0.409. The van der Waals surface area contributed by atoms with Gasteiger partial charge in [0, 0.05) is 24.2 Å². The van der Waals surface area contributed by atoms with Crippen molar-refractivity contribution in [3.63, 3.8) is 0 Å². The summed E-state index contributed by atoms with van der Waals surface area (Å²) in [6, 6.07) is 15.9. The summed E-state index contributed by atoms with van der Waals surface area (Å²) in [4.78, 5) is 23.9. The molecular weight excluding hydrogens is 322 g/mol. The van der Waals surface area contributed by atoms with Crippen molar-refractivity contribution < 1.29 is 10.0 Å². The third kappa shape index (κ3) is 3.09. The Morgan fingerprint density at radius 3 is 2.44 bits per heavy atom. The summed E-state index contributed by atoms with van der Waals surface area (Å²) < 4.78 is 1.35. The fourth-order valence-electron chi connectivity index (χ4n) is 2.80. The molecule has 0 atom stereocenters. The first-order chi connectivity index (χ1) is 12.1. The SMILES string of the molecule is O=c1c([N+](=O)[O-])c(NCCCO)c2ccccc2n1-c1ccccc1. The number of nitrogens with zero attached hydrogens (tertiary/aromatic N) is 2. The van der Waals surface area contributed by atoms with Crippen molar-refractivity contribution in [1.82, 2.24) is 4.57 Å². The Kier molecular flexibility index (Phi) is 4.76. The number of fused-ring (bicyclic) bond motifs is 1. The van der Waals surface area contributed by atoms with E-state index in [4.69, 9.17) is 5.11 Å². The van der Waals surface area contributed by atoms with Gasteiger partial charge in [0.25, 0.3) is 0 Å². The lowest BCUT2D eigenvalue weighted by Gasteiger charge is -2.15. The largest absolute Gasteiger partial charge is 0.396 e. The van der Waals surface area contributed by atoms with Gasteiger partial charge in [-0.3, -0.25) is 19.5 Å². The van der Waals surface area contributed by atoms with Gasteiger partial charge in [0.05, 0.1) is 10.4 Å². The van der Waals surface area contributed by atoms with E-state index >= 15 is 0 Å². The van der Waals surface area contributed by atoms with Crippen molar-refractivity contribution in [2.75, 3.05) is 18.5 Å². The van der Waals surface area contributed by atoms with E-state index in [0.29, 0.717) is 29.6 Å². The second-order valence-electron chi connectivity index (χ2n) is 5.48. The Morgan fingerprint density at radius 2 is 1.76 bits per heavy atom. The maximum absolute atomic E-state index is 12.9. The fourth-order valence-corrected chi connectivity index (χ4v) is 2.80. The molecule has 0 saturated carbocycles. The van der Waals surface area contributed by atoms with Gasteiger partial charge in [0.1, 0.15) is 5.69 Å². The second kappa shape index (κ2) is 7.14. The first-order valence-electron chi connectivity index (χ1n) is 7.87. The molecule has 25 heavy (non-hydrogen) atoms. The number of hydrogen-bond donors (Lipinski definition) is 2. The summed E-state index contributed by atoms with van der Waals surface area (Å²) >= 11 is 0. The summed E-state index contributed by atoms with van der Waals surface area (Å²) in [5.74, 6) is 0. The smallest absolute Gasteiger partial charge is 0.357 e. The van der Waals surface area contributed by atoms with E-state index in [9.17, 15) is 14.9 Å². The summed E-state index contributed by atoms with van der Waals surface area (Å²) in [6.45, 7) is 0.288. The van der Waals surface area contributed by atoms with Crippen LogP contribution in [0.3, 0.4) is 0 Å². The molecule has 7 nitrogen and oxygen atoms in total. The Morgan fingerprint density at radius 1 is 1.08 bits per heavy atom. The lowest BCUT2D eigenvalue weighted by molar-refractivity contribution is -0.385. The number of nitro groups is 1. The van der Waals surface area contributed by atoms with Gasteiger partial charge in [-0.1, -0.05) is 36.4 Å². The maximum atomic E-state index is 12.9. The van der Waals surface area contributed by atoms with Crippen molar-refractivity contribution in [3.8, 4) is 5.69 Å².